The number of hydrogen-bond acceptors (Lipinski definition) is 5. The second-order valence-corrected chi connectivity index (χ2v) is 9.60. The summed E-state index contributed by atoms with van der Waals surface area (Å²) in [5.74, 6) is 1.08. The second kappa shape index (κ2) is 10.1. The fourth-order valence-electron chi connectivity index (χ4n) is 4.56. The van der Waals surface area contributed by atoms with Gasteiger partial charge in [0.05, 0.1) is 18.8 Å². The third-order valence-electron chi connectivity index (χ3n) is 6.33. The highest BCUT2D eigenvalue weighted by Crippen LogP contribution is 2.38. The number of morpholine rings is 1. The van der Waals surface area contributed by atoms with Gasteiger partial charge in [-0.1, -0.05) is 40.0 Å². The summed E-state index contributed by atoms with van der Waals surface area (Å²) in [4.78, 5) is 30.4. The van der Waals surface area contributed by atoms with Crippen LogP contribution in [-0.4, -0.2) is 67.4 Å². The molecule has 2 aliphatic rings. The molecule has 168 valence electrons. The third-order valence-corrected chi connectivity index (χ3v) is 6.33. The van der Waals surface area contributed by atoms with E-state index in [1.54, 1.807) is 0 Å². The van der Waals surface area contributed by atoms with Crippen molar-refractivity contribution in [3.05, 3.63) is 22.6 Å². The lowest BCUT2D eigenvalue weighted by molar-refractivity contribution is 0.0319. The SMILES string of the molecule is CCCCCCN(CCN1CCOCC1)C(=O)c1oc2c(c1C)C(=O)CC(C)(C)C2. The zero-order valence-electron chi connectivity index (χ0n) is 19.2. The molecule has 3 rings (SSSR count). The maximum Gasteiger partial charge on any atom is 0.289 e. The number of Topliss-reactive ketones (excluding diaryl/α,β-unsaturated/α-hetero) is 1. The molecule has 0 spiro atoms. The molecule has 1 aromatic heterocycles. The Balaban J connectivity index is 1.75. The van der Waals surface area contributed by atoms with Gasteiger partial charge >= 0.3 is 0 Å². The Morgan fingerprint density at radius 1 is 1.10 bits per heavy atom. The maximum atomic E-state index is 13.5. The van der Waals surface area contributed by atoms with Crippen LogP contribution in [0.15, 0.2) is 4.42 Å². The van der Waals surface area contributed by atoms with Gasteiger partial charge < -0.3 is 14.1 Å². The van der Waals surface area contributed by atoms with E-state index >= 15 is 0 Å². The normalized spacial score (nSPS) is 19.0. The topological polar surface area (TPSA) is 63.0 Å². The number of unbranched alkanes of at least 4 members (excludes halogenated alkanes) is 3. The van der Waals surface area contributed by atoms with Gasteiger partial charge in [0, 0.05) is 51.1 Å². The first-order valence-corrected chi connectivity index (χ1v) is 11.6. The average Bonchev–Trinajstić information content (AvgIpc) is 3.03. The van der Waals surface area contributed by atoms with Crippen molar-refractivity contribution in [2.45, 2.75) is 66.2 Å². The van der Waals surface area contributed by atoms with Crippen LogP contribution in [0.1, 0.15) is 85.1 Å². The number of carbonyl (C=O) groups excluding carboxylic acids is 2. The van der Waals surface area contributed by atoms with Gasteiger partial charge in [0.1, 0.15) is 5.76 Å². The van der Waals surface area contributed by atoms with E-state index in [1.807, 2.05) is 11.8 Å². The molecule has 6 heteroatoms. The predicted molar refractivity (Wildman–Crippen MR) is 117 cm³/mol. The molecule has 0 N–H and O–H groups in total. The van der Waals surface area contributed by atoms with Crippen LogP contribution in [0.3, 0.4) is 0 Å². The monoisotopic (exact) mass is 418 g/mol. The van der Waals surface area contributed by atoms with Gasteiger partial charge in [-0.15, -0.1) is 0 Å². The highest BCUT2D eigenvalue weighted by atomic mass is 16.5. The molecule has 0 atom stereocenters. The van der Waals surface area contributed by atoms with Crippen LogP contribution in [0.4, 0.5) is 0 Å². The molecule has 1 aromatic rings. The van der Waals surface area contributed by atoms with E-state index in [1.165, 1.54) is 12.8 Å². The largest absolute Gasteiger partial charge is 0.455 e. The van der Waals surface area contributed by atoms with E-state index < -0.39 is 0 Å². The third kappa shape index (κ3) is 5.52. The summed E-state index contributed by atoms with van der Waals surface area (Å²) in [6.07, 6.45) is 5.68. The zero-order chi connectivity index (χ0) is 21.7. The number of furan rings is 1. The second-order valence-electron chi connectivity index (χ2n) is 9.60. The summed E-state index contributed by atoms with van der Waals surface area (Å²) >= 11 is 0. The molecular formula is C24H38N2O4. The van der Waals surface area contributed by atoms with Crippen LogP contribution in [0.25, 0.3) is 0 Å². The van der Waals surface area contributed by atoms with E-state index in [4.69, 9.17) is 9.15 Å². The van der Waals surface area contributed by atoms with E-state index in [-0.39, 0.29) is 17.1 Å². The summed E-state index contributed by atoms with van der Waals surface area (Å²) in [7, 11) is 0. The molecule has 30 heavy (non-hydrogen) atoms. The van der Waals surface area contributed by atoms with Gasteiger partial charge in [-0.3, -0.25) is 14.5 Å². The number of nitrogens with zero attached hydrogens (tertiary/aromatic N) is 2. The first kappa shape index (κ1) is 23.0. The van der Waals surface area contributed by atoms with Crippen LogP contribution in [0.2, 0.25) is 0 Å². The summed E-state index contributed by atoms with van der Waals surface area (Å²) in [6.45, 7) is 13.8. The highest BCUT2D eigenvalue weighted by molar-refractivity contribution is 6.03. The van der Waals surface area contributed by atoms with Gasteiger partial charge in [0.2, 0.25) is 0 Å². The quantitative estimate of drug-likeness (QED) is 0.565. The van der Waals surface area contributed by atoms with Crippen molar-refractivity contribution in [1.82, 2.24) is 9.80 Å². The molecule has 0 unspecified atom stereocenters. The molecule has 1 amide bonds. The van der Waals surface area contributed by atoms with Crippen molar-refractivity contribution < 1.29 is 18.7 Å². The minimum absolute atomic E-state index is 0.0720. The van der Waals surface area contributed by atoms with Crippen LogP contribution >= 0.6 is 0 Å². The number of fused-ring (bicyclic) bond motifs is 1. The minimum Gasteiger partial charge on any atom is -0.455 e. The number of carbonyl (C=O) groups is 2. The Bertz CT molecular complexity index is 747. The van der Waals surface area contributed by atoms with Crippen molar-refractivity contribution in [2.24, 2.45) is 5.41 Å². The first-order valence-electron chi connectivity index (χ1n) is 11.6. The molecule has 0 bridgehead atoms. The molecule has 1 saturated heterocycles. The molecule has 1 aliphatic heterocycles. The van der Waals surface area contributed by atoms with Gasteiger partial charge in [0.25, 0.3) is 5.91 Å². The molecule has 1 fully saturated rings. The number of ether oxygens (including phenoxy) is 1. The van der Waals surface area contributed by atoms with Gasteiger partial charge in [0.15, 0.2) is 11.5 Å². The summed E-state index contributed by atoms with van der Waals surface area (Å²) in [5.41, 5.74) is 1.25. The van der Waals surface area contributed by atoms with Crippen molar-refractivity contribution in [3.63, 3.8) is 0 Å². The number of hydrogen-bond donors (Lipinski definition) is 0. The standard InChI is InChI=1S/C24H38N2O4/c1-5-6-7-8-9-26(11-10-25-12-14-29-15-13-25)23(28)22-18(2)21-19(27)16-24(3,4)17-20(21)30-22/h5-17H2,1-4H3. The number of ketones is 1. The van der Waals surface area contributed by atoms with Crippen molar-refractivity contribution >= 4 is 11.7 Å². The molecule has 2 heterocycles. The summed E-state index contributed by atoms with van der Waals surface area (Å²) in [5, 5.41) is 0. The Morgan fingerprint density at radius 2 is 1.83 bits per heavy atom. The predicted octanol–water partition coefficient (Wildman–Crippen LogP) is 4.10. The molecule has 6 nitrogen and oxygen atoms in total. The maximum absolute atomic E-state index is 13.5. The van der Waals surface area contributed by atoms with Crippen molar-refractivity contribution in [2.75, 3.05) is 45.9 Å². The van der Waals surface area contributed by atoms with Gasteiger partial charge in [-0.2, -0.15) is 0 Å². The van der Waals surface area contributed by atoms with Crippen molar-refractivity contribution in [1.29, 1.82) is 0 Å². The lowest BCUT2D eigenvalue weighted by atomic mass is 9.76. The van der Waals surface area contributed by atoms with Gasteiger partial charge in [-0.25, -0.2) is 0 Å². The fourth-order valence-corrected chi connectivity index (χ4v) is 4.56. The van der Waals surface area contributed by atoms with Crippen LogP contribution in [-0.2, 0) is 11.2 Å². The van der Waals surface area contributed by atoms with E-state index in [9.17, 15) is 9.59 Å². The lowest BCUT2D eigenvalue weighted by Crippen LogP contribution is -2.43. The average molecular weight is 419 g/mol. The van der Waals surface area contributed by atoms with Crippen LogP contribution < -0.4 is 0 Å². The summed E-state index contributed by atoms with van der Waals surface area (Å²) < 4.78 is 11.5. The zero-order valence-corrected chi connectivity index (χ0v) is 19.2. The Hall–Kier alpha value is -1.66. The summed E-state index contributed by atoms with van der Waals surface area (Å²) in [6, 6.07) is 0. The fraction of sp³-hybridized carbons (Fsp3) is 0.750. The smallest absolute Gasteiger partial charge is 0.289 e. The van der Waals surface area contributed by atoms with Gasteiger partial charge in [-0.05, 0) is 18.8 Å². The Kier molecular flexibility index (Phi) is 7.75. The van der Waals surface area contributed by atoms with E-state index in [2.05, 4.69) is 25.7 Å². The van der Waals surface area contributed by atoms with E-state index in [0.717, 1.165) is 57.8 Å². The number of amides is 1. The van der Waals surface area contributed by atoms with Crippen molar-refractivity contribution in [3.8, 4) is 0 Å². The van der Waals surface area contributed by atoms with E-state index in [0.29, 0.717) is 36.5 Å². The number of rotatable bonds is 9. The minimum atomic E-state index is -0.120. The molecule has 0 aromatic carbocycles. The molecule has 0 radical (unpaired) electrons. The molecule has 0 saturated carbocycles. The Morgan fingerprint density at radius 3 is 2.53 bits per heavy atom. The molecular weight excluding hydrogens is 380 g/mol. The Labute approximate surface area is 180 Å². The van der Waals surface area contributed by atoms with Crippen LogP contribution in [0.5, 0.6) is 0 Å². The first-order chi connectivity index (χ1) is 14.3. The highest BCUT2D eigenvalue weighted by Gasteiger charge is 2.37. The molecule has 1 aliphatic carbocycles. The lowest BCUT2D eigenvalue weighted by Gasteiger charge is -2.30. The van der Waals surface area contributed by atoms with Crippen LogP contribution in [0, 0.1) is 12.3 Å².